The maximum absolute atomic E-state index is 5.92. The first-order valence-corrected chi connectivity index (χ1v) is 6.13. The standard InChI is InChI=1S/C14H16ClN3/c1-9-5-10(2)7-12(6-9)14(18-16)11-3-4-17-13(15)8-11/h3-8,14,18H,16H2,1-2H3. The van der Waals surface area contributed by atoms with E-state index in [-0.39, 0.29) is 6.04 Å². The van der Waals surface area contributed by atoms with Gasteiger partial charge in [0.15, 0.2) is 0 Å². The highest BCUT2D eigenvalue weighted by Gasteiger charge is 2.13. The van der Waals surface area contributed by atoms with Crippen LogP contribution in [0, 0.1) is 13.8 Å². The zero-order chi connectivity index (χ0) is 13.1. The molecule has 2 aromatic rings. The molecule has 0 aliphatic heterocycles. The largest absolute Gasteiger partial charge is 0.271 e. The molecule has 1 heterocycles. The summed E-state index contributed by atoms with van der Waals surface area (Å²) in [5.74, 6) is 5.67. The van der Waals surface area contributed by atoms with E-state index < -0.39 is 0 Å². The summed E-state index contributed by atoms with van der Waals surface area (Å²) in [5, 5.41) is 0.470. The Morgan fingerprint density at radius 3 is 2.33 bits per heavy atom. The molecule has 0 bridgehead atoms. The van der Waals surface area contributed by atoms with Gasteiger partial charge >= 0.3 is 0 Å². The number of pyridine rings is 1. The van der Waals surface area contributed by atoms with Crippen LogP contribution in [0.25, 0.3) is 0 Å². The molecular formula is C14H16ClN3. The zero-order valence-corrected chi connectivity index (χ0v) is 11.2. The highest BCUT2D eigenvalue weighted by molar-refractivity contribution is 6.29. The lowest BCUT2D eigenvalue weighted by Gasteiger charge is -2.18. The predicted molar refractivity (Wildman–Crippen MR) is 74.3 cm³/mol. The number of nitrogens with one attached hydrogen (secondary N) is 1. The van der Waals surface area contributed by atoms with E-state index in [1.807, 2.05) is 12.1 Å². The van der Waals surface area contributed by atoms with E-state index >= 15 is 0 Å². The van der Waals surface area contributed by atoms with E-state index in [1.54, 1.807) is 6.20 Å². The van der Waals surface area contributed by atoms with Crippen molar-refractivity contribution < 1.29 is 0 Å². The van der Waals surface area contributed by atoms with Crippen LogP contribution in [0.4, 0.5) is 0 Å². The summed E-state index contributed by atoms with van der Waals surface area (Å²) in [7, 11) is 0. The summed E-state index contributed by atoms with van der Waals surface area (Å²) in [6, 6.07) is 10.0. The Morgan fingerprint density at radius 2 is 1.78 bits per heavy atom. The molecular weight excluding hydrogens is 246 g/mol. The topological polar surface area (TPSA) is 50.9 Å². The summed E-state index contributed by atoms with van der Waals surface area (Å²) in [6.07, 6.45) is 1.69. The third kappa shape index (κ3) is 2.88. The van der Waals surface area contributed by atoms with Crippen molar-refractivity contribution in [2.24, 2.45) is 5.84 Å². The summed E-state index contributed by atoms with van der Waals surface area (Å²) in [6.45, 7) is 4.15. The molecule has 0 aliphatic carbocycles. The van der Waals surface area contributed by atoms with Gasteiger partial charge in [0, 0.05) is 6.20 Å². The fourth-order valence-corrected chi connectivity index (χ4v) is 2.34. The number of aromatic nitrogens is 1. The van der Waals surface area contributed by atoms with Gasteiger partial charge in [0.1, 0.15) is 5.15 Å². The van der Waals surface area contributed by atoms with Crippen LogP contribution in [0.1, 0.15) is 28.3 Å². The van der Waals surface area contributed by atoms with Gasteiger partial charge in [-0.1, -0.05) is 40.9 Å². The molecule has 0 spiro atoms. The number of aryl methyl sites for hydroxylation is 2. The molecule has 0 amide bonds. The van der Waals surface area contributed by atoms with Gasteiger partial charge in [-0.25, -0.2) is 10.4 Å². The quantitative estimate of drug-likeness (QED) is 0.507. The summed E-state index contributed by atoms with van der Waals surface area (Å²) < 4.78 is 0. The van der Waals surface area contributed by atoms with Crippen LogP contribution in [0.5, 0.6) is 0 Å². The average molecular weight is 262 g/mol. The molecule has 0 radical (unpaired) electrons. The lowest BCUT2D eigenvalue weighted by molar-refractivity contribution is 0.635. The van der Waals surface area contributed by atoms with Gasteiger partial charge in [-0.05, 0) is 37.1 Å². The Labute approximate surface area is 112 Å². The Kier molecular flexibility index (Phi) is 3.97. The number of hydrogen-bond donors (Lipinski definition) is 2. The van der Waals surface area contributed by atoms with E-state index in [4.69, 9.17) is 17.4 Å². The van der Waals surface area contributed by atoms with Crippen molar-refractivity contribution in [1.82, 2.24) is 10.4 Å². The van der Waals surface area contributed by atoms with E-state index in [0.29, 0.717) is 5.15 Å². The van der Waals surface area contributed by atoms with Crippen molar-refractivity contribution in [1.29, 1.82) is 0 Å². The van der Waals surface area contributed by atoms with Crippen LogP contribution < -0.4 is 11.3 Å². The van der Waals surface area contributed by atoms with E-state index in [0.717, 1.165) is 11.1 Å². The Bertz CT molecular complexity index is 534. The van der Waals surface area contributed by atoms with Crippen LogP contribution >= 0.6 is 11.6 Å². The van der Waals surface area contributed by atoms with Crippen molar-refractivity contribution in [3.63, 3.8) is 0 Å². The lowest BCUT2D eigenvalue weighted by atomic mass is 9.97. The molecule has 4 heteroatoms. The minimum atomic E-state index is -0.0795. The maximum atomic E-state index is 5.92. The second kappa shape index (κ2) is 5.48. The van der Waals surface area contributed by atoms with Gasteiger partial charge in [0.05, 0.1) is 6.04 Å². The van der Waals surface area contributed by atoms with Gasteiger partial charge < -0.3 is 0 Å². The highest BCUT2D eigenvalue weighted by Crippen LogP contribution is 2.24. The first-order valence-electron chi connectivity index (χ1n) is 5.76. The molecule has 0 saturated carbocycles. The summed E-state index contributed by atoms with van der Waals surface area (Å²) in [5.41, 5.74) is 7.38. The molecule has 94 valence electrons. The van der Waals surface area contributed by atoms with Crippen molar-refractivity contribution in [2.75, 3.05) is 0 Å². The van der Waals surface area contributed by atoms with Crippen molar-refractivity contribution in [2.45, 2.75) is 19.9 Å². The van der Waals surface area contributed by atoms with Gasteiger partial charge in [0.2, 0.25) is 0 Å². The minimum Gasteiger partial charge on any atom is -0.271 e. The normalized spacial score (nSPS) is 12.4. The molecule has 2 rings (SSSR count). The third-order valence-electron chi connectivity index (χ3n) is 2.83. The van der Waals surface area contributed by atoms with Gasteiger partial charge in [-0.15, -0.1) is 0 Å². The SMILES string of the molecule is Cc1cc(C)cc(C(NN)c2ccnc(Cl)c2)c1. The molecule has 3 nitrogen and oxygen atoms in total. The van der Waals surface area contributed by atoms with Crippen LogP contribution in [-0.2, 0) is 0 Å². The first-order chi connectivity index (χ1) is 8.60. The van der Waals surface area contributed by atoms with Crippen LogP contribution in [0.15, 0.2) is 36.5 Å². The van der Waals surface area contributed by atoms with Crippen LogP contribution in [-0.4, -0.2) is 4.98 Å². The monoisotopic (exact) mass is 261 g/mol. The minimum absolute atomic E-state index is 0.0795. The molecule has 18 heavy (non-hydrogen) atoms. The number of halogens is 1. The molecule has 1 aromatic heterocycles. The number of benzene rings is 1. The number of hydrogen-bond acceptors (Lipinski definition) is 3. The van der Waals surface area contributed by atoms with Crippen molar-refractivity contribution in [3.05, 3.63) is 63.9 Å². The number of nitrogens with zero attached hydrogens (tertiary/aromatic N) is 1. The van der Waals surface area contributed by atoms with E-state index in [1.165, 1.54) is 11.1 Å². The molecule has 0 saturated heterocycles. The Balaban J connectivity index is 2.45. The first kappa shape index (κ1) is 13.0. The van der Waals surface area contributed by atoms with E-state index in [9.17, 15) is 0 Å². The fraction of sp³-hybridized carbons (Fsp3) is 0.214. The van der Waals surface area contributed by atoms with Crippen LogP contribution in [0.3, 0.4) is 0 Å². The number of rotatable bonds is 3. The van der Waals surface area contributed by atoms with Crippen molar-refractivity contribution >= 4 is 11.6 Å². The maximum Gasteiger partial charge on any atom is 0.129 e. The lowest BCUT2D eigenvalue weighted by Crippen LogP contribution is -2.29. The van der Waals surface area contributed by atoms with Gasteiger partial charge in [-0.3, -0.25) is 5.84 Å². The fourth-order valence-electron chi connectivity index (χ4n) is 2.16. The zero-order valence-electron chi connectivity index (χ0n) is 10.4. The molecule has 1 aromatic carbocycles. The molecule has 0 fully saturated rings. The molecule has 1 unspecified atom stereocenters. The Hall–Kier alpha value is -1.42. The number of hydrazine groups is 1. The van der Waals surface area contributed by atoms with Gasteiger partial charge in [-0.2, -0.15) is 0 Å². The van der Waals surface area contributed by atoms with Gasteiger partial charge in [0.25, 0.3) is 0 Å². The summed E-state index contributed by atoms with van der Waals surface area (Å²) in [4.78, 5) is 3.98. The Morgan fingerprint density at radius 1 is 1.11 bits per heavy atom. The second-order valence-corrected chi connectivity index (χ2v) is 4.82. The second-order valence-electron chi connectivity index (χ2n) is 4.43. The molecule has 0 aliphatic rings. The molecule has 1 atom stereocenters. The van der Waals surface area contributed by atoms with Crippen molar-refractivity contribution in [3.8, 4) is 0 Å². The average Bonchev–Trinajstić information content (AvgIpc) is 2.28. The number of nitrogens with two attached hydrogens (primary N) is 1. The smallest absolute Gasteiger partial charge is 0.129 e. The van der Waals surface area contributed by atoms with Crippen LogP contribution in [0.2, 0.25) is 5.15 Å². The molecule has 3 N–H and O–H groups in total. The van der Waals surface area contributed by atoms with E-state index in [2.05, 4.69) is 42.5 Å². The highest BCUT2D eigenvalue weighted by atomic mass is 35.5. The summed E-state index contributed by atoms with van der Waals surface area (Å²) >= 11 is 5.92. The third-order valence-corrected chi connectivity index (χ3v) is 3.03. The predicted octanol–water partition coefficient (Wildman–Crippen LogP) is 2.90.